The van der Waals surface area contributed by atoms with Gasteiger partial charge < -0.3 is 11.1 Å². The third-order valence-corrected chi connectivity index (χ3v) is 4.62. The highest BCUT2D eigenvalue weighted by molar-refractivity contribution is 4.93. The zero-order chi connectivity index (χ0) is 12.4. The first-order valence-electron chi connectivity index (χ1n) is 6.72. The first-order chi connectivity index (χ1) is 7.26. The largest absolute Gasteiger partial charge is 0.327 e. The van der Waals surface area contributed by atoms with Crippen LogP contribution in [0.5, 0.6) is 0 Å². The second kappa shape index (κ2) is 5.05. The van der Waals surface area contributed by atoms with E-state index in [9.17, 15) is 0 Å². The molecule has 16 heavy (non-hydrogen) atoms. The zero-order valence-electron chi connectivity index (χ0n) is 11.8. The molecule has 1 saturated carbocycles. The Morgan fingerprint density at radius 3 is 2.50 bits per heavy atom. The van der Waals surface area contributed by atoms with Gasteiger partial charge in [-0.2, -0.15) is 0 Å². The van der Waals surface area contributed by atoms with Crippen LogP contribution >= 0.6 is 0 Å². The van der Waals surface area contributed by atoms with Crippen LogP contribution in [0.15, 0.2) is 0 Å². The van der Waals surface area contributed by atoms with E-state index in [-0.39, 0.29) is 0 Å². The van der Waals surface area contributed by atoms with Gasteiger partial charge in [-0.1, -0.05) is 41.0 Å². The fourth-order valence-corrected chi connectivity index (χ4v) is 2.36. The van der Waals surface area contributed by atoms with E-state index in [4.69, 9.17) is 5.73 Å². The molecule has 0 spiro atoms. The van der Waals surface area contributed by atoms with Gasteiger partial charge in [-0.15, -0.1) is 0 Å². The lowest BCUT2D eigenvalue weighted by molar-refractivity contribution is 0.225. The van der Waals surface area contributed by atoms with Crippen molar-refractivity contribution in [2.75, 3.05) is 13.1 Å². The Labute approximate surface area is 101 Å². The van der Waals surface area contributed by atoms with E-state index in [1.165, 1.54) is 19.3 Å². The molecule has 0 saturated heterocycles. The summed E-state index contributed by atoms with van der Waals surface area (Å²) in [5.41, 5.74) is 6.90. The SMILES string of the molecule is CC(CNCC1(C)CCCC1N)C(C)(C)C. The first kappa shape index (κ1) is 14.0. The van der Waals surface area contributed by atoms with Crippen LogP contribution < -0.4 is 11.1 Å². The molecule has 1 aliphatic carbocycles. The summed E-state index contributed by atoms with van der Waals surface area (Å²) in [6.45, 7) is 13.8. The third-order valence-electron chi connectivity index (χ3n) is 4.62. The summed E-state index contributed by atoms with van der Waals surface area (Å²) in [7, 11) is 0. The van der Waals surface area contributed by atoms with E-state index in [1.807, 2.05) is 0 Å². The van der Waals surface area contributed by atoms with Gasteiger partial charge in [0.15, 0.2) is 0 Å². The number of nitrogens with two attached hydrogens (primary N) is 1. The lowest BCUT2D eigenvalue weighted by atomic mass is 9.81. The summed E-state index contributed by atoms with van der Waals surface area (Å²) >= 11 is 0. The van der Waals surface area contributed by atoms with Crippen molar-refractivity contribution in [3.63, 3.8) is 0 Å². The van der Waals surface area contributed by atoms with Gasteiger partial charge in [0.25, 0.3) is 0 Å². The van der Waals surface area contributed by atoms with E-state index in [0.29, 0.717) is 22.8 Å². The van der Waals surface area contributed by atoms with Gasteiger partial charge in [0.1, 0.15) is 0 Å². The van der Waals surface area contributed by atoms with Gasteiger partial charge in [-0.3, -0.25) is 0 Å². The molecule has 0 aromatic carbocycles. The van der Waals surface area contributed by atoms with Crippen molar-refractivity contribution in [1.82, 2.24) is 5.32 Å². The molecule has 3 unspecified atom stereocenters. The minimum absolute atomic E-state index is 0.331. The molecule has 0 aromatic heterocycles. The van der Waals surface area contributed by atoms with Crippen LogP contribution in [0.1, 0.15) is 53.9 Å². The maximum absolute atomic E-state index is 6.18. The molecule has 0 bridgehead atoms. The molecule has 1 aliphatic rings. The second-order valence-electron chi connectivity index (χ2n) is 7.05. The van der Waals surface area contributed by atoms with E-state index in [2.05, 4.69) is 39.9 Å². The molecule has 0 radical (unpaired) electrons. The first-order valence-corrected chi connectivity index (χ1v) is 6.72. The molecule has 3 atom stereocenters. The lowest BCUT2D eigenvalue weighted by Crippen LogP contribution is -2.44. The summed E-state index contributed by atoms with van der Waals surface area (Å²) in [6.07, 6.45) is 3.78. The van der Waals surface area contributed by atoms with Crippen molar-refractivity contribution < 1.29 is 0 Å². The molecule has 1 fully saturated rings. The van der Waals surface area contributed by atoms with Crippen molar-refractivity contribution in [1.29, 1.82) is 0 Å². The van der Waals surface area contributed by atoms with Crippen LogP contribution in [0.4, 0.5) is 0 Å². The minimum Gasteiger partial charge on any atom is -0.327 e. The molecule has 0 aliphatic heterocycles. The Bertz CT molecular complexity index is 219. The molecule has 0 heterocycles. The van der Waals surface area contributed by atoms with E-state index < -0.39 is 0 Å². The van der Waals surface area contributed by atoms with Crippen LogP contribution in [-0.4, -0.2) is 19.1 Å². The van der Waals surface area contributed by atoms with Crippen LogP contribution in [-0.2, 0) is 0 Å². The Balaban J connectivity index is 2.30. The second-order valence-corrected chi connectivity index (χ2v) is 7.05. The maximum Gasteiger partial charge on any atom is 0.0105 e. The topological polar surface area (TPSA) is 38.0 Å². The maximum atomic E-state index is 6.18. The number of rotatable bonds is 4. The van der Waals surface area contributed by atoms with Crippen molar-refractivity contribution in [3.8, 4) is 0 Å². The Morgan fingerprint density at radius 1 is 1.44 bits per heavy atom. The van der Waals surface area contributed by atoms with Gasteiger partial charge >= 0.3 is 0 Å². The van der Waals surface area contributed by atoms with Gasteiger partial charge in [-0.05, 0) is 36.1 Å². The summed E-state index contributed by atoms with van der Waals surface area (Å²) in [5.74, 6) is 0.703. The van der Waals surface area contributed by atoms with E-state index >= 15 is 0 Å². The standard InChI is InChI=1S/C14H30N2/c1-11(13(2,3)4)9-16-10-14(5)8-6-7-12(14)15/h11-12,16H,6-10,15H2,1-5H3. The van der Waals surface area contributed by atoms with Crippen molar-refractivity contribution in [2.45, 2.75) is 59.9 Å². The van der Waals surface area contributed by atoms with Crippen LogP contribution in [0, 0.1) is 16.7 Å². The van der Waals surface area contributed by atoms with Gasteiger partial charge in [0, 0.05) is 12.6 Å². The molecule has 2 nitrogen and oxygen atoms in total. The number of nitrogens with one attached hydrogen (secondary N) is 1. The number of hydrogen-bond acceptors (Lipinski definition) is 2. The zero-order valence-corrected chi connectivity index (χ0v) is 11.8. The van der Waals surface area contributed by atoms with Crippen LogP contribution in [0.3, 0.4) is 0 Å². The van der Waals surface area contributed by atoms with Crippen LogP contribution in [0.2, 0.25) is 0 Å². The summed E-state index contributed by atoms with van der Waals surface area (Å²) in [4.78, 5) is 0. The molecular weight excluding hydrogens is 196 g/mol. The molecule has 0 amide bonds. The van der Waals surface area contributed by atoms with E-state index in [1.54, 1.807) is 0 Å². The van der Waals surface area contributed by atoms with E-state index in [0.717, 1.165) is 13.1 Å². The number of hydrogen-bond donors (Lipinski definition) is 2. The minimum atomic E-state index is 0.331. The predicted octanol–water partition coefficient (Wildman–Crippen LogP) is 2.78. The molecule has 3 N–H and O–H groups in total. The molecule has 1 rings (SSSR count). The van der Waals surface area contributed by atoms with Gasteiger partial charge in [-0.25, -0.2) is 0 Å². The average molecular weight is 226 g/mol. The van der Waals surface area contributed by atoms with Gasteiger partial charge in [0.05, 0.1) is 0 Å². The van der Waals surface area contributed by atoms with Gasteiger partial charge in [0.2, 0.25) is 0 Å². The van der Waals surface area contributed by atoms with Crippen molar-refractivity contribution in [3.05, 3.63) is 0 Å². The Hall–Kier alpha value is -0.0800. The quantitative estimate of drug-likeness (QED) is 0.773. The summed E-state index contributed by atoms with van der Waals surface area (Å²) in [5, 5.41) is 3.62. The van der Waals surface area contributed by atoms with Crippen molar-refractivity contribution in [2.24, 2.45) is 22.5 Å². The molecule has 96 valence electrons. The van der Waals surface area contributed by atoms with Crippen LogP contribution in [0.25, 0.3) is 0 Å². The highest BCUT2D eigenvalue weighted by Crippen LogP contribution is 2.36. The predicted molar refractivity (Wildman–Crippen MR) is 71.4 cm³/mol. The normalized spacial score (nSPS) is 33.0. The highest BCUT2D eigenvalue weighted by atomic mass is 14.9. The fourth-order valence-electron chi connectivity index (χ4n) is 2.36. The smallest absolute Gasteiger partial charge is 0.0105 e. The monoisotopic (exact) mass is 226 g/mol. The third kappa shape index (κ3) is 3.46. The molecule has 2 heteroatoms. The Kier molecular flexibility index (Phi) is 4.42. The summed E-state index contributed by atoms with van der Waals surface area (Å²) < 4.78 is 0. The fraction of sp³-hybridized carbons (Fsp3) is 1.00. The molecule has 0 aromatic rings. The lowest BCUT2D eigenvalue weighted by Gasteiger charge is -2.32. The summed E-state index contributed by atoms with van der Waals surface area (Å²) in [6, 6.07) is 0.393. The highest BCUT2D eigenvalue weighted by Gasteiger charge is 2.36. The average Bonchev–Trinajstić information content (AvgIpc) is 2.46. The van der Waals surface area contributed by atoms with Crippen molar-refractivity contribution >= 4 is 0 Å². The Morgan fingerprint density at radius 2 is 2.06 bits per heavy atom. The molecular formula is C14H30N2.